The van der Waals surface area contributed by atoms with Crippen molar-refractivity contribution in [1.29, 1.82) is 0 Å². The number of fused-ring (bicyclic) bond motifs is 4. The van der Waals surface area contributed by atoms with Crippen molar-refractivity contribution in [2.45, 2.75) is 0 Å². The summed E-state index contributed by atoms with van der Waals surface area (Å²) in [5.41, 5.74) is 7.16. The number of anilines is 2. The molecule has 0 atom stereocenters. The van der Waals surface area contributed by atoms with Gasteiger partial charge >= 0.3 is 0 Å². The molecule has 1 nitrogen and oxygen atoms in total. The minimum Gasteiger partial charge on any atom is -0.356 e. The highest BCUT2D eigenvalue weighted by Crippen LogP contribution is 2.40. The van der Waals surface area contributed by atoms with Crippen molar-refractivity contribution >= 4 is 53.7 Å². The molecule has 0 fully saturated rings. The van der Waals surface area contributed by atoms with E-state index in [1.54, 1.807) is 0 Å². The Morgan fingerprint density at radius 1 is 0.444 bits per heavy atom. The Bertz CT molecular complexity index is 1860. The normalized spacial score (nSPS) is 11.3. The third-order valence-corrected chi connectivity index (χ3v) is 8.07. The van der Waals surface area contributed by atoms with E-state index in [-0.39, 0.29) is 0 Å². The molecule has 0 saturated heterocycles. The van der Waals surface area contributed by atoms with E-state index in [1.807, 2.05) is 11.3 Å². The molecule has 0 bridgehead atoms. The van der Waals surface area contributed by atoms with E-state index < -0.39 is 0 Å². The molecule has 36 heavy (non-hydrogen) atoms. The summed E-state index contributed by atoms with van der Waals surface area (Å²) in [5.74, 6) is 0. The molecule has 1 aromatic heterocycles. The summed E-state index contributed by atoms with van der Waals surface area (Å²) < 4.78 is 2.68. The number of thiophene rings is 1. The summed E-state index contributed by atoms with van der Waals surface area (Å²) in [4.78, 5) is 0. The van der Waals surface area contributed by atoms with Crippen molar-refractivity contribution in [2.75, 3.05) is 5.32 Å². The Labute approximate surface area is 214 Å². The Morgan fingerprint density at radius 3 is 2.06 bits per heavy atom. The van der Waals surface area contributed by atoms with Crippen molar-refractivity contribution in [3.05, 3.63) is 133 Å². The fourth-order valence-electron chi connectivity index (χ4n) is 5.12. The first-order valence-corrected chi connectivity index (χ1v) is 13.0. The van der Waals surface area contributed by atoms with Crippen molar-refractivity contribution in [2.24, 2.45) is 0 Å². The van der Waals surface area contributed by atoms with Gasteiger partial charge in [0.15, 0.2) is 0 Å². The molecule has 0 aliphatic carbocycles. The Morgan fingerprint density at radius 2 is 1.14 bits per heavy atom. The summed E-state index contributed by atoms with van der Waals surface area (Å²) in [6, 6.07) is 47.8. The van der Waals surface area contributed by atoms with Gasteiger partial charge in [-0.15, -0.1) is 11.3 Å². The Balaban J connectivity index is 1.21. The fraction of sp³-hybridized carbons (Fsp3) is 0. The lowest BCUT2D eigenvalue weighted by Gasteiger charge is -2.11. The largest absolute Gasteiger partial charge is 0.356 e. The maximum Gasteiger partial charge on any atom is 0.0433 e. The van der Waals surface area contributed by atoms with Gasteiger partial charge in [0.25, 0.3) is 0 Å². The minimum absolute atomic E-state index is 1.08. The first kappa shape index (κ1) is 20.9. The predicted octanol–water partition coefficient (Wildman–Crippen LogP) is 10.3. The number of hydrogen-bond acceptors (Lipinski definition) is 2. The zero-order valence-corrected chi connectivity index (χ0v) is 20.4. The van der Waals surface area contributed by atoms with Crippen LogP contribution in [-0.2, 0) is 0 Å². The molecule has 0 radical (unpaired) electrons. The van der Waals surface area contributed by atoms with Gasteiger partial charge in [0.2, 0.25) is 0 Å². The molecule has 0 amide bonds. The molecule has 0 spiro atoms. The van der Waals surface area contributed by atoms with E-state index in [9.17, 15) is 0 Å². The van der Waals surface area contributed by atoms with Crippen LogP contribution in [0.4, 0.5) is 11.4 Å². The summed E-state index contributed by atoms with van der Waals surface area (Å²) in [6.45, 7) is 0. The molecular formula is C34H23NS. The van der Waals surface area contributed by atoms with Gasteiger partial charge in [0.1, 0.15) is 0 Å². The van der Waals surface area contributed by atoms with Crippen LogP contribution in [0.25, 0.3) is 53.2 Å². The van der Waals surface area contributed by atoms with Crippen LogP contribution in [0.5, 0.6) is 0 Å². The van der Waals surface area contributed by atoms with Gasteiger partial charge in [-0.25, -0.2) is 0 Å². The van der Waals surface area contributed by atoms with E-state index in [0.29, 0.717) is 0 Å². The lowest BCUT2D eigenvalue weighted by molar-refractivity contribution is 1.54. The standard InChI is InChI=1S/C34H23NS/c1-2-12-28-23(8-1)9-6-14-29(28)24-18-20-26(21-19-24)35-27-11-5-10-25(22-27)30-15-7-16-32-31-13-3-4-17-33(31)36-34(30)32/h1-22,35H. The van der Waals surface area contributed by atoms with Crippen molar-refractivity contribution in [3.63, 3.8) is 0 Å². The molecule has 6 aromatic carbocycles. The molecule has 1 heterocycles. The highest BCUT2D eigenvalue weighted by molar-refractivity contribution is 7.26. The summed E-state index contributed by atoms with van der Waals surface area (Å²) in [6.07, 6.45) is 0. The molecule has 2 heteroatoms. The van der Waals surface area contributed by atoms with Crippen molar-refractivity contribution in [1.82, 2.24) is 0 Å². The van der Waals surface area contributed by atoms with Crippen molar-refractivity contribution in [3.8, 4) is 22.3 Å². The average molecular weight is 478 g/mol. The minimum atomic E-state index is 1.08. The smallest absolute Gasteiger partial charge is 0.0433 e. The molecule has 0 aliphatic rings. The van der Waals surface area contributed by atoms with Gasteiger partial charge in [0, 0.05) is 31.5 Å². The summed E-state index contributed by atoms with van der Waals surface area (Å²) >= 11 is 1.87. The van der Waals surface area contributed by atoms with Crippen LogP contribution in [0.15, 0.2) is 133 Å². The second-order valence-electron chi connectivity index (χ2n) is 9.09. The molecule has 0 unspecified atom stereocenters. The van der Waals surface area contributed by atoms with E-state index in [1.165, 1.54) is 53.2 Å². The van der Waals surface area contributed by atoms with E-state index in [2.05, 4.69) is 139 Å². The third kappa shape index (κ3) is 3.64. The molecule has 7 aromatic rings. The second-order valence-corrected chi connectivity index (χ2v) is 10.1. The van der Waals surface area contributed by atoms with E-state index >= 15 is 0 Å². The highest BCUT2D eigenvalue weighted by atomic mass is 32.1. The number of rotatable bonds is 4. The molecular weight excluding hydrogens is 454 g/mol. The van der Waals surface area contributed by atoms with Crippen LogP contribution < -0.4 is 5.32 Å². The monoisotopic (exact) mass is 477 g/mol. The van der Waals surface area contributed by atoms with Gasteiger partial charge in [-0.1, -0.05) is 103 Å². The van der Waals surface area contributed by atoms with Crippen LogP contribution in [-0.4, -0.2) is 0 Å². The predicted molar refractivity (Wildman–Crippen MR) is 157 cm³/mol. The number of nitrogens with one attached hydrogen (secondary N) is 1. The summed E-state index contributed by atoms with van der Waals surface area (Å²) in [7, 11) is 0. The molecule has 7 rings (SSSR count). The van der Waals surface area contributed by atoms with E-state index in [4.69, 9.17) is 0 Å². The topological polar surface area (TPSA) is 12.0 Å². The van der Waals surface area contributed by atoms with Gasteiger partial charge in [-0.3, -0.25) is 0 Å². The first-order chi connectivity index (χ1) is 17.8. The molecule has 0 aliphatic heterocycles. The number of benzene rings is 6. The molecule has 170 valence electrons. The van der Waals surface area contributed by atoms with E-state index in [0.717, 1.165) is 11.4 Å². The maximum atomic E-state index is 3.61. The number of hydrogen-bond donors (Lipinski definition) is 1. The molecule has 0 saturated carbocycles. The maximum absolute atomic E-state index is 3.61. The van der Waals surface area contributed by atoms with Crippen LogP contribution in [0.3, 0.4) is 0 Å². The van der Waals surface area contributed by atoms with Gasteiger partial charge < -0.3 is 5.32 Å². The van der Waals surface area contributed by atoms with Crippen LogP contribution >= 0.6 is 11.3 Å². The lowest BCUT2D eigenvalue weighted by atomic mass is 9.98. The second kappa shape index (κ2) is 8.67. The Kier molecular flexibility index (Phi) is 5.04. The quantitative estimate of drug-likeness (QED) is 0.266. The lowest BCUT2D eigenvalue weighted by Crippen LogP contribution is -1.91. The zero-order valence-electron chi connectivity index (χ0n) is 19.6. The average Bonchev–Trinajstić information content (AvgIpc) is 3.32. The van der Waals surface area contributed by atoms with Crippen LogP contribution in [0.2, 0.25) is 0 Å². The first-order valence-electron chi connectivity index (χ1n) is 12.2. The summed E-state index contributed by atoms with van der Waals surface area (Å²) in [5, 5.41) is 8.82. The van der Waals surface area contributed by atoms with Gasteiger partial charge in [-0.05, 0) is 63.4 Å². The van der Waals surface area contributed by atoms with Crippen LogP contribution in [0, 0.1) is 0 Å². The Hall–Kier alpha value is -4.40. The van der Waals surface area contributed by atoms with Crippen molar-refractivity contribution < 1.29 is 0 Å². The third-order valence-electron chi connectivity index (χ3n) is 6.85. The fourth-order valence-corrected chi connectivity index (χ4v) is 6.35. The molecule has 1 N–H and O–H groups in total. The SMILES string of the molecule is c1cc(Nc2ccc(-c3cccc4ccccc34)cc2)cc(-c2cccc3c2sc2ccccc23)c1. The highest BCUT2D eigenvalue weighted by Gasteiger charge is 2.10. The van der Waals surface area contributed by atoms with Gasteiger partial charge in [-0.2, -0.15) is 0 Å². The zero-order chi connectivity index (χ0) is 23.9. The van der Waals surface area contributed by atoms with Gasteiger partial charge in [0.05, 0.1) is 0 Å². The van der Waals surface area contributed by atoms with Crippen LogP contribution in [0.1, 0.15) is 0 Å².